The molecule has 0 amide bonds. The maximum atomic E-state index is 8.81. The third kappa shape index (κ3) is 2.58. The molecule has 84 valence electrons. The number of nitrogens with zero attached hydrogens (tertiary/aromatic N) is 2. The molecule has 15 heavy (non-hydrogen) atoms. The summed E-state index contributed by atoms with van der Waals surface area (Å²) in [7, 11) is 2.16. The van der Waals surface area contributed by atoms with Gasteiger partial charge in [0.15, 0.2) is 0 Å². The van der Waals surface area contributed by atoms with Gasteiger partial charge in [-0.25, -0.2) is 4.98 Å². The Labute approximate surface area is 90.3 Å². The van der Waals surface area contributed by atoms with Crippen LogP contribution in [0.15, 0.2) is 6.20 Å². The molecule has 2 N–H and O–H groups in total. The minimum atomic E-state index is 0.164. The standard InChI is InChI=1S/C11H19N3O/c1-14-5-2-3-9(8-14)10-7-12-11(13-10)4-6-15/h7,9,15H,2-6,8H2,1H3,(H,12,13). The van der Waals surface area contributed by atoms with Gasteiger partial charge < -0.3 is 15.0 Å². The van der Waals surface area contributed by atoms with Gasteiger partial charge in [-0.05, 0) is 26.4 Å². The minimum Gasteiger partial charge on any atom is -0.396 e. The van der Waals surface area contributed by atoms with Crippen molar-refractivity contribution < 1.29 is 5.11 Å². The summed E-state index contributed by atoms with van der Waals surface area (Å²) in [6.45, 7) is 2.48. The van der Waals surface area contributed by atoms with Gasteiger partial charge in [-0.1, -0.05) is 0 Å². The number of rotatable bonds is 3. The van der Waals surface area contributed by atoms with Gasteiger partial charge in [0.25, 0.3) is 0 Å². The summed E-state index contributed by atoms with van der Waals surface area (Å²) in [6.07, 6.45) is 5.05. The number of imidazole rings is 1. The van der Waals surface area contributed by atoms with Crippen LogP contribution in [0.3, 0.4) is 0 Å². The average Bonchev–Trinajstić information content (AvgIpc) is 2.67. The average molecular weight is 209 g/mol. The minimum absolute atomic E-state index is 0.164. The first-order valence-electron chi connectivity index (χ1n) is 5.63. The molecule has 0 spiro atoms. The molecule has 1 aliphatic heterocycles. The second kappa shape index (κ2) is 4.77. The normalized spacial score (nSPS) is 23.2. The second-order valence-corrected chi connectivity index (χ2v) is 4.36. The lowest BCUT2D eigenvalue weighted by Gasteiger charge is -2.28. The Morgan fingerprint density at radius 2 is 2.53 bits per heavy atom. The summed E-state index contributed by atoms with van der Waals surface area (Å²) >= 11 is 0. The van der Waals surface area contributed by atoms with Crippen LogP contribution in [-0.2, 0) is 6.42 Å². The van der Waals surface area contributed by atoms with Crippen molar-refractivity contribution in [2.75, 3.05) is 26.7 Å². The van der Waals surface area contributed by atoms with Crippen LogP contribution in [0.25, 0.3) is 0 Å². The second-order valence-electron chi connectivity index (χ2n) is 4.36. The SMILES string of the molecule is CN1CCCC(c2cnc(CCO)[nH]2)C1. The Morgan fingerprint density at radius 1 is 1.67 bits per heavy atom. The Kier molecular flexibility index (Phi) is 3.38. The number of aromatic nitrogens is 2. The third-order valence-corrected chi connectivity index (χ3v) is 3.06. The van der Waals surface area contributed by atoms with Crippen molar-refractivity contribution >= 4 is 0 Å². The molecule has 4 heteroatoms. The van der Waals surface area contributed by atoms with Gasteiger partial charge in [-0.2, -0.15) is 0 Å². The number of aromatic amines is 1. The Balaban J connectivity index is 2.01. The van der Waals surface area contributed by atoms with Gasteiger partial charge in [0.05, 0.1) is 6.61 Å². The van der Waals surface area contributed by atoms with E-state index in [1.807, 2.05) is 6.20 Å². The van der Waals surface area contributed by atoms with Crippen molar-refractivity contribution in [1.82, 2.24) is 14.9 Å². The van der Waals surface area contributed by atoms with E-state index < -0.39 is 0 Å². The predicted octanol–water partition coefficient (Wildman–Crippen LogP) is 0.754. The van der Waals surface area contributed by atoms with E-state index in [0.29, 0.717) is 12.3 Å². The maximum Gasteiger partial charge on any atom is 0.108 e. The monoisotopic (exact) mass is 209 g/mol. The highest BCUT2D eigenvalue weighted by Crippen LogP contribution is 2.24. The molecule has 1 aromatic rings. The van der Waals surface area contributed by atoms with E-state index in [0.717, 1.165) is 12.4 Å². The number of piperidine rings is 1. The van der Waals surface area contributed by atoms with Crippen molar-refractivity contribution in [3.8, 4) is 0 Å². The van der Waals surface area contributed by atoms with Gasteiger partial charge >= 0.3 is 0 Å². The van der Waals surface area contributed by atoms with Gasteiger partial charge in [-0.15, -0.1) is 0 Å². The lowest BCUT2D eigenvalue weighted by atomic mass is 9.96. The summed E-state index contributed by atoms with van der Waals surface area (Å²) in [6, 6.07) is 0. The van der Waals surface area contributed by atoms with E-state index in [-0.39, 0.29) is 6.61 Å². The molecule has 1 atom stereocenters. The molecule has 1 saturated heterocycles. The number of H-pyrrole nitrogens is 1. The third-order valence-electron chi connectivity index (χ3n) is 3.06. The molecule has 0 aromatic carbocycles. The number of likely N-dealkylation sites (tertiary alicyclic amines) is 1. The van der Waals surface area contributed by atoms with Gasteiger partial charge in [0, 0.05) is 30.8 Å². The zero-order valence-electron chi connectivity index (χ0n) is 9.24. The molecule has 1 fully saturated rings. The van der Waals surface area contributed by atoms with E-state index in [4.69, 9.17) is 5.11 Å². The fourth-order valence-corrected chi connectivity index (χ4v) is 2.24. The van der Waals surface area contributed by atoms with Crippen molar-refractivity contribution in [3.63, 3.8) is 0 Å². The molecule has 0 aliphatic carbocycles. The summed E-state index contributed by atoms with van der Waals surface area (Å²) < 4.78 is 0. The molecule has 0 bridgehead atoms. The highest BCUT2D eigenvalue weighted by molar-refractivity contribution is 5.09. The van der Waals surface area contributed by atoms with E-state index in [9.17, 15) is 0 Å². The van der Waals surface area contributed by atoms with Crippen molar-refractivity contribution in [2.24, 2.45) is 0 Å². The van der Waals surface area contributed by atoms with E-state index in [1.165, 1.54) is 25.1 Å². The molecule has 0 saturated carbocycles. The van der Waals surface area contributed by atoms with Crippen LogP contribution in [0.5, 0.6) is 0 Å². The molecular formula is C11H19N3O. The molecule has 2 rings (SSSR count). The van der Waals surface area contributed by atoms with Crippen LogP contribution >= 0.6 is 0 Å². The quantitative estimate of drug-likeness (QED) is 0.772. The molecule has 0 radical (unpaired) electrons. The fraction of sp³-hybridized carbons (Fsp3) is 0.727. The van der Waals surface area contributed by atoms with Gasteiger partial charge in [0.1, 0.15) is 5.82 Å². The molecule has 4 nitrogen and oxygen atoms in total. The first-order valence-corrected chi connectivity index (χ1v) is 5.63. The number of aliphatic hydroxyl groups is 1. The molecule has 1 aliphatic rings. The summed E-state index contributed by atoms with van der Waals surface area (Å²) in [4.78, 5) is 9.94. The number of aliphatic hydroxyl groups excluding tert-OH is 1. The van der Waals surface area contributed by atoms with E-state index in [2.05, 4.69) is 21.9 Å². The zero-order chi connectivity index (χ0) is 10.7. The van der Waals surface area contributed by atoms with Crippen molar-refractivity contribution in [2.45, 2.75) is 25.2 Å². The highest BCUT2D eigenvalue weighted by Gasteiger charge is 2.20. The zero-order valence-corrected chi connectivity index (χ0v) is 9.24. The van der Waals surface area contributed by atoms with Gasteiger partial charge in [-0.3, -0.25) is 0 Å². The van der Waals surface area contributed by atoms with Crippen LogP contribution in [0.2, 0.25) is 0 Å². The lowest BCUT2D eigenvalue weighted by molar-refractivity contribution is 0.248. The Morgan fingerprint density at radius 3 is 3.27 bits per heavy atom. The van der Waals surface area contributed by atoms with Crippen LogP contribution in [0, 0.1) is 0 Å². The number of nitrogens with one attached hydrogen (secondary N) is 1. The highest BCUT2D eigenvalue weighted by atomic mass is 16.3. The molecule has 1 aromatic heterocycles. The van der Waals surface area contributed by atoms with Crippen molar-refractivity contribution in [3.05, 3.63) is 17.7 Å². The first-order chi connectivity index (χ1) is 7.29. The van der Waals surface area contributed by atoms with E-state index >= 15 is 0 Å². The van der Waals surface area contributed by atoms with Crippen LogP contribution in [0.1, 0.15) is 30.3 Å². The van der Waals surface area contributed by atoms with Crippen LogP contribution in [0.4, 0.5) is 0 Å². The lowest BCUT2D eigenvalue weighted by Crippen LogP contribution is -2.30. The van der Waals surface area contributed by atoms with Crippen LogP contribution < -0.4 is 0 Å². The molecule has 2 heterocycles. The molecule has 1 unspecified atom stereocenters. The summed E-state index contributed by atoms with van der Waals surface area (Å²) in [5.41, 5.74) is 1.23. The fourth-order valence-electron chi connectivity index (χ4n) is 2.24. The van der Waals surface area contributed by atoms with Crippen LogP contribution in [-0.4, -0.2) is 46.7 Å². The Hall–Kier alpha value is -0.870. The first kappa shape index (κ1) is 10.6. The maximum absolute atomic E-state index is 8.81. The topological polar surface area (TPSA) is 52.1 Å². The molecular weight excluding hydrogens is 190 g/mol. The number of hydrogen-bond donors (Lipinski definition) is 2. The largest absolute Gasteiger partial charge is 0.396 e. The number of hydrogen-bond acceptors (Lipinski definition) is 3. The smallest absolute Gasteiger partial charge is 0.108 e. The summed E-state index contributed by atoms with van der Waals surface area (Å²) in [5, 5.41) is 8.81. The predicted molar refractivity (Wildman–Crippen MR) is 58.8 cm³/mol. The van der Waals surface area contributed by atoms with Crippen molar-refractivity contribution in [1.29, 1.82) is 0 Å². The van der Waals surface area contributed by atoms with E-state index in [1.54, 1.807) is 0 Å². The Bertz CT molecular complexity index is 311. The summed E-state index contributed by atoms with van der Waals surface area (Å²) in [5.74, 6) is 1.49. The number of likely N-dealkylation sites (N-methyl/N-ethyl adjacent to an activating group) is 1. The van der Waals surface area contributed by atoms with Gasteiger partial charge in [0.2, 0.25) is 0 Å².